The molecule has 0 aliphatic carbocycles. The maximum absolute atomic E-state index is 11.1. The minimum absolute atomic E-state index is 0. The summed E-state index contributed by atoms with van der Waals surface area (Å²) in [6, 6.07) is 0.901. The zero-order valence-electron chi connectivity index (χ0n) is 12.9. The van der Waals surface area contributed by atoms with E-state index in [2.05, 4.69) is 18.7 Å². The lowest BCUT2D eigenvalue weighted by Crippen LogP contribution is -2.35. The first-order chi connectivity index (χ1) is 8.84. The number of nitrogens with zero attached hydrogens (tertiary/aromatic N) is 2. The molecule has 0 amide bonds. The van der Waals surface area contributed by atoms with Gasteiger partial charge in [0.05, 0.1) is 5.75 Å². The van der Waals surface area contributed by atoms with Gasteiger partial charge >= 0.3 is 0 Å². The lowest BCUT2D eigenvalue weighted by Gasteiger charge is -2.29. The maximum atomic E-state index is 11.1. The molecule has 4 nitrogen and oxygen atoms in total. The molecular formula is C15H34N2O2S. The molecule has 0 aromatic heterocycles. The first-order valence-corrected chi connectivity index (χ1v) is 9.19. The van der Waals surface area contributed by atoms with Crippen molar-refractivity contribution in [2.75, 3.05) is 25.4 Å². The van der Waals surface area contributed by atoms with Gasteiger partial charge in [0.1, 0.15) is 0 Å². The van der Waals surface area contributed by atoms with Crippen molar-refractivity contribution in [3.05, 3.63) is 0 Å². The lowest BCUT2D eigenvalue weighted by molar-refractivity contribution is 0.185. The Hall–Kier alpha value is -0.130. The maximum Gasteiger partial charge on any atom is 0.214 e. The molecule has 122 valence electrons. The Labute approximate surface area is 126 Å². The zero-order valence-corrected chi connectivity index (χ0v) is 13.7. The van der Waals surface area contributed by atoms with Crippen LogP contribution in [0.3, 0.4) is 0 Å². The van der Waals surface area contributed by atoms with Crippen LogP contribution in [0, 0.1) is 0 Å². The van der Waals surface area contributed by atoms with Crippen molar-refractivity contribution in [2.45, 2.75) is 72.9 Å². The van der Waals surface area contributed by atoms with Gasteiger partial charge in [0.15, 0.2) is 0 Å². The van der Waals surface area contributed by atoms with Crippen molar-refractivity contribution in [1.82, 2.24) is 9.21 Å². The summed E-state index contributed by atoms with van der Waals surface area (Å²) in [5.41, 5.74) is 0. The van der Waals surface area contributed by atoms with Crippen molar-refractivity contribution in [2.24, 2.45) is 0 Å². The van der Waals surface area contributed by atoms with Crippen LogP contribution < -0.4 is 0 Å². The van der Waals surface area contributed by atoms with Crippen LogP contribution in [0.2, 0.25) is 0 Å². The molecule has 2 aliphatic rings. The second-order valence-corrected chi connectivity index (χ2v) is 8.11. The van der Waals surface area contributed by atoms with E-state index in [1.165, 1.54) is 32.4 Å². The second kappa shape index (κ2) is 9.00. The molecule has 2 aliphatic heterocycles. The summed E-state index contributed by atoms with van der Waals surface area (Å²) in [6.07, 6.45) is 5.07. The quantitative estimate of drug-likeness (QED) is 0.787. The largest absolute Gasteiger partial charge is 0.301 e. The molecule has 0 unspecified atom stereocenters. The van der Waals surface area contributed by atoms with Crippen molar-refractivity contribution in [1.29, 1.82) is 0 Å². The molecule has 0 radical (unpaired) electrons. The highest BCUT2D eigenvalue weighted by Crippen LogP contribution is 2.15. The molecule has 0 atom stereocenters. The average Bonchev–Trinajstić information content (AvgIpc) is 2.71. The van der Waals surface area contributed by atoms with Gasteiger partial charge in [-0.05, 0) is 60.0 Å². The molecule has 2 rings (SSSR count). The summed E-state index contributed by atoms with van der Waals surface area (Å²) >= 11 is 0. The van der Waals surface area contributed by atoms with Crippen LogP contribution in [0.5, 0.6) is 0 Å². The Morgan fingerprint density at radius 3 is 1.60 bits per heavy atom. The van der Waals surface area contributed by atoms with Gasteiger partial charge in [-0.2, -0.15) is 4.31 Å². The molecule has 2 fully saturated rings. The molecule has 0 aromatic carbocycles. The van der Waals surface area contributed by atoms with E-state index in [0.717, 1.165) is 12.5 Å². The number of likely N-dealkylation sites (tertiary alicyclic amines) is 1. The van der Waals surface area contributed by atoms with E-state index >= 15 is 0 Å². The number of hydrogen-bond acceptors (Lipinski definition) is 3. The molecule has 5 heteroatoms. The molecule has 20 heavy (non-hydrogen) atoms. The lowest BCUT2D eigenvalue weighted by atomic mass is 10.1. The number of hydrogen-bond donors (Lipinski definition) is 0. The van der Waals surface area contributed by atoms with Crippen LogP contribution in [0.1, 0.15) is 60.8 Å². The number of piperidine rings is 1. The van der Waals surface area contributed by atoms with Gasteiger partial charge < -0.3 is 4.90 Å². The van der Waals surface area contributed by atoms with Gasteiger partial charge in [-0.15, -0.1) is 0 Å². The smallest absolute Gasteiger partial charge is 0.214 e. The minimum atomic E-state index is -2.85. The number of rotatable bonds is 2. The highest BCUT2D eigenvalue weighted by molar-refractivity contribution is 7.89. The van der Waals surface area contributed by atoms with Gasteiger partial charge in [0.25, 0.3) is 0 Å². The first kappa shape index (κ1) is 19.9. The third-order valence-electron chi connectivity index (χ3n) is 3.84. The molecule has 0 N–H and O–H groups in total. The fourth-order valence-corrected chi connectivity index (χ4v) is 4.45. The van der Waals surface area contributed by atoms with Gasteiger partial charge in [-0.1, -0.05) is 13.8 Å². The van der Waals surface area contributed by atoms with Crippen molar-refractivity contribution < 1.29 is 8.42 Å². The standard InChI is InChI=1S/C8H17N.C6H13NO2S.CH4/c1-8(2)9-6-4-3-5-7-9;1-6(2)7-4-3-5-10(7,8)9;/h8H,3-7H2,1-2H3;6H,3-5H2,1-2H3;1H4. The molecule has 2 saturated heterocycles. The van der Waals surface area contributed by atoms with E-state index in [0.29, 0.717) is 12.3 Å². The molecule has 0 saturated carbocycles. The summed E-state index contributed by atoms with van der Waals surface area (Å²) in [5.74, 6) is 0.338. The third-order valence-corrected chi connectivity index (χ3v) is 5.96. The Morgan fingerprint density at radius 1 is 0.800 bits per heavy atom. The summed E-state index contributed by atoms with van der Waals surface area (Å²) in [5, 5.41) is 0. The van der Waals surface area contributed by atoms with Crippen LogP contribution in [0.25, 0.3) is 0 Å². The van der Waals surface area contributed by atoms with E-state index in [9.17, 15) is 8.42 Å². The van der Waals surface area contributed by atoms with E-state index in [1.807, 2.05) is 13.8 Å². The van der Waals surface area contributed by atoms with Gasteiger partial charge in [-0.3, -0.25) is 0 Å². The molecule has 0 spiro atoms. The molecule has 0 aromatic rings. The molecule has 0 bridgehead atoms. The van der Waals surface area contributed by atoms with Crippen LogP contribution in [-0.2, 0) is 10.0 Å². The van der Waals surface area contributed by atoms with E-state index in [-0.39, 0.29) is 13.5 Å². The molecule has 2 heterocycles. The van der Waals surface area contributed by atoms with Gasteiger partial charge in [0, 0.05) is 18.6 Å². The van der Waals surface area contributed by atoms with Crippen LogP contribution in [0.4, 0.5) is 0 Å². The summed E-state index contributed by atoms with van der Waals surface area (Å²) in [4.78, 5) is 2.56. The van der Waals surface area contributed by atoms with Crippen molar-refractivity contribution >= 4 is 10.0 Å². The third kappa shape index (κ3) is 6.10. The van der Waals surface area contributed by atoms with E-state index in [1.54, 1.807) is 4.31 Å². The summed E-state index contributed by atoms with van der Waals surface area (Å²) in [7, 11) is -2.85. The Morgan fingerprint density at radius 2 is 1.35 bits per heavy atom. The van der Waals surface area contributed by atoms with Crippen molar-refractivity contribution in [3.8, 4) is 0 Å². The van der Waals surface area contributed by atoms with Crippen molar-refractivity contribution in [3.63, 3.8) is 0 Å². The Balaban J connectivity index is 0.000000345. The van der Waals surface area contributed by atoms with Crippen LogP contribution in [0.15, 0.2) is 0 Å². The first-order valence-electron chi connectivity index (χ1n) is 7.58. The fourth-order valence-electron chi connectivity index (χ4n) is 2.67. The second-order valence-electron chi connectivity index (χ2n) is 6.06. The van der Waals surface area contributed by atoms with E-state index in [4.69, 9.17) is 0 Å². The average molecular weight is 307 g/mol. The Bertz CT molecular complexity index is 347. The van der Waals surface area contributed by atoms with Gasteiger partial charge in [-0.25, -0.2) is 8.42 Å². The predicted molar refractivity (Wildman–Crippen MR) is 87.5 cm³/mol. The van der Waals surface area contributed by atoms with E-state index < -0.39 is 10.0 Å². The van der Waals surface area contributed by atoms with Crippen LogP contribution >= 0.6 is 0 Å². The Kier molecular flexibility index (Phi) is 8.95. The summed E-state index contributed by atoms with van der Waals surface area (Å²) in [6.45, 7) is 11.7. The predicted octanol–water partition coefficient (Wildman–Crippen LogP) is 2.95. The number of sulfonamides is 1. The highest BCUT2D eigenvalue weighted by atomic mass is 32.2. The normalized spacial score (nSPS) is 23.3. The summed E-state index contributed by atoms with van der Waals surface area (Å²) < 4.78 is 23.8. The minimum Gasteiger partial charge on any atom is -0.301 e. The molecular weight excluding hydrogens is 272 g/mol. The SMILES string of the molecule is C.CC(C)N1CCCCC1.CC(C)N1CCCS1(=O)=O. The van der Waals surface area contributed by atoms with Crippen LogP contribution in [-0.4, -0.2) is 55.1 Å². The monoisotopic (exact) mass is 306 g/mol. The van der Waals surface area contributed by atoms with Gasteiger partial charge in [0.2, 0.25) is 10.0 Å². The zero-order chi connectivity index (χ0) is 14.5. The topological polar surface area (TPSA) is 40.6 Å². The fraction of sp³-hybridized carbons (Fsp3) is 1.00. The highest BCUT2D eigenvalue weighted by Gasteiger charge is 2.29.